The quantitative estimate of drug-likeness (QED) is 0.853. The van der Waals surface area contributed by atoms with Crippen LogP contribution < -0.4 is 10.3 Å². The van der Waals surface area contributed by atoms with E-state index in [1.54, 1.807) is 0 Å². The first-order valence-electron chi connectivity index (χ1n) is 6.91. The van der Waals surface area contributed by atoms with Gasteiger partial charge in [0.15, 0.2) is 0 Å². The van der Waals surface area contributed by atoms with Crippen molar-refractivity contribution in [2.75, 3.05) is 5.33 Å². The second-order valence-electron chi connectivity index (χ2n) is 5.81. The number of benzene rings is 1. The lowest BCUT2D eigenvalue weighted by molar-refractivity contribution is 0.147. The molecule has 0 fully saturated rings. The fourth-order valence-corrected chi connectivity index (χ4v) is 3.22. The standard InChI is InChI=1S/C16H18BrNO2/c1-4-10-6-12-13(18-15(10)19)9(2)5-11-7-16(3,8-17)20-14(11)12/h5-6H,4,7-8H2,1-3H3,(H,18,19). The summed E-state index contributed by atoms with van der Waals surface area (Å²) in [4.78, 5) is 15.0. The maximum Gasteiger partial charge on any atom is 0.251 e. The maximum absolute atomic E-state index is 12.0. The lowest BCUT2D eigenvalue weighted by Crippen LogP contribution is -2.31. The average molecular weight is 336 g/mol. The number of aromatic nitrogens is 1. The molecular weight excluding hydrogens is 318 g/mol. The van der Waals surface area contributed by atoms with Crippen LogP contribution in [0.2, 0.25) is 0 Å². The normalized spacial score (nSPS) is 21.0. The first kappa shape index (κ1) is 13.7. The highest BCUT2D eigenvalue weighted by molar-refractivity contribution is 9.09. The molecule has 3 nitrogen and oxygen atoms in total. The average Bonchev–Trinajstić information content (AvgIpc) is 2.76. The highest BCUT2D eigenvalue weighted by Crippen LogP contribution is 2.41. The molecule has 1 atom stereocenters. The van der Waals surface area contributed by atoms with E-state index in [1.165, 1.54) is 5.56 Å². The Balaban J connectivity index is 2.31. The Morgan fingerprint density at radius 1 is 1.45 bits per heavy atom. The summed E-state index contributed by atoms with van der Waals surface area (Å²) in [5.41, 5.74) is 3.83. The van der Waals surface area contributed by atoms with Gasteiger partial charge in [-0.2, -0.15) is 0 Å². The van der Waals surface area contributed by atoms with Gasteiger partial charge in [-0.15, -0.1) is 0 Å². The van der Waals surface area contributed by atoms with E-state index >= 15 is 0 Å². The van der Waals surface area contributed by atoms with Gasteiger partial charge in [0.05, 0.1) is 5.52 Å². The molecule has 0 spiro atoms. The van der Waals surface area contributed by atoms with Gasteiger partial charge in [-0.3, -0.25) is 4.79 Å². The van der Waals surface area contributed by atoms with E-state index in [1.807, 2.05) is 19.9 Å². The Kier molecular flexibility index (Phi) is 3.16. The van der Waals surface area contributed by atoms with Crippen molar-refractivity contribution in [2.24, 2.45) is 0 Å². The van der Waals surface area contributed by atoms with E-state index in [-0.39, 0.29) is 11.2 Å². The molecule has 1 aliphatic rings. The summed E-state index contributed by atoms with van der Waals surface area (Å²) in [6.07, 6.45) is 1.62. The highest BCUT2D eigenvalue weighted by Gasteiger charge is 2.35. The molecule has 1 aromatic carbocycles. The van der Waals surface area contributed by atoms with Crippen LogP contribution in [0.5, 0.6) is 5.75 Å². The Morgan fingerprint density at radius 3 is 2.85 bits per heavy atom. The molecule has 0 bridgehead atoms. The van der Waals surface area contributed by atoms with Crippen LogP contribution in [0.25, 0.3) is 10.9 Å². The Morgan fingerprint density at radius 2 is 2.20 bits per heavy atom. The van der Waals surface area contributed by atoms with Crippen molar-refractivity contribution in [3.05, 3.63) is 39.2 Å². The fraction of sp³-hybridized carbons (Fsp3) is 0.438. The van der Waals surface area contributed by atoms with E-state index in [9.17, 15) is 4.79 Å². The number of ether oxygens (including phenoxy) is 1. The third kappa shape index (κ3) is 1.97. The summed E-state index contributed by atoms with van der Waals surface area (Å²) in [6, 6.07) is 4.12. The number of aromatic amines is 1. The third-order valence-electron chi connectivity index (χ3n) is 4.02. The van der Waals surface area contributed by atoms with Gasteiger partial charge in [-0.05, 0) is 37.5 Å². The molecular formula is C16H18BrNO2. The van der Waals surface area contributed by atoms with Crippen LogP contribution in [0.15, 0.2) is 16.9 Å². The molecule has 0 aliphatic carbocycles. The van der Waals surface area contributed by atoms with Gasteiger partial charge >= 0.3 is 0 Å². The summed E-state index contributed by atoms with van der Waals surface area (Å²) in [6.45, 7) is 6.14. The van der Waals surface area contributed by atoms with Gasteiger partial charge in [0.1, 0.15) is 11.4 Å². The number of hydrogen-bond donors (Lipinski definition) is 1. The maximum atomic E-state index is 12.0. The Bertz CT molecular complexity index is 750. The van der Waals surface area contributed by atoms with E-state index in [0.29, 0.717) is 0 Å². The number of hydrogen-bond acceptors (Lipinski definition) is 2. The molecule has 1 aromatic heterocycles. The summed E-state index contributed by atoms with van der Waals surface area (Å²) < 4.78 is 6.18. The van der Waals surface area contributed by atoms with Gasteiger partial charge in [-0.1, -0.05) is 28.9 Å². The number of H-pyrrole nitrogens is 1. The van der Waals surface area contributed by atoms with Crippen molar-refractivity contribution in [1.29, 1.82) is 0 Å². The van der Waals surface area contributed by atoms with Gasteiger partial charge in [0.2, 0.25) is 0 Å². The molecule has 1 unspecified atom stereocenters. The SMILES string of the molecule is CCc1cc2c3c(cc(C)c2[nH]c1=O)CC(C)(CBr)O3. The number of halogens is 1. The summed E-state index contributed by atoms with van der Waals surface area (Å²) >= 11 is 3.53. The molecule has 2 heterocycles. The zero-order chi connectivity index (χ0) is 14.5. The first-order chi connectivity index (χ1) is 9.47. The third-order valence-corrected chi connectivity index (χ3v) is 5.20. The largest absolute Gasteiger partial charge is 0.485 e. The molecule has 0 saturated heterocycles. The van der Waals surface area contributed by atoms with Crippen molar-refractivity contribution >= 4 is 26.8 Å². The number of fused-ring (bicyclic) bond motifs is 3. The first-order valence-corrected chi connectivity index (χ1v) is 8.03. The van der Waals surface area contributed by atoms with E-state index in [4.69, 9.17) is 4.74 Å². The van der Waals surface area contributed by atoms with Crippen molar-refractivity contribution in [2.45, 2.75) is 39.2 Å². The fourth-order valence-electron chi connectivity index (χ4n) is 2.91. The van der Waals surface area contributed by atoms with Gasteiger partial charge < -0.3 is 9.72 Å². The van der Waals surface area contributed by atoms with Gasteiger partial charge in [-0.25, -0.2) is 0 Å². The molecule has 3 rings (SSSR count). The number of aryl methyl sites for hydroxylation is 2. The summed E-state index contributed by atoms with van der Waals surface area (Å²) in [5.74, 6) is 0.929. The minimum Gasteiger partial charge on any atom is -0.485 e. The summed E-state index contributed by atoms with van der Waals surface area (Å²) in [5, 5.41) is 1.82. The zero-order valence-electron chi connectivity index (χ0n) is 12.0. The van der Waals surface area contributed by atoms with Crippen LogP contribution in [0, 0.1) is 6.92 Å². The van der Waals surface area contributed by atoms with Crippen LogP contribution >= 0.6 is 15.9 Å². The second kappa shape index (κ2) is 4.62. The van der Waals surface area contributed by atoms with Crippen LogP contribution in [0.1, 0.15) is 30.5 Å². The highest BCUT2D eigenvalue weighted by atomic mass is 79.9. The molecule has 20 heavy (non-hydrogen) atoms. The van der Waals surface area contributed by atoms with Crippen molar-refractivity contribution < 1.29 is 4.74 Å². The molecule has 4 heteroatoms. The number of rotatable bonds is 2. The lowest BCUT2D eigenvalue weighted by Gasteiger charge is -2.20. The van der Waals surface area contributed by atoms with Crippen LogP contribution in [0.3, 0.4) is 0 Å². The topological polar surface area (TPSA) is 42.1 Å². The van der Waals surface area contributed by atoms with E-state index < -0.39 is 0 Å². The lowest BCUT2D eigenvalue weighted by atomic mass is 9.97. The Labute approximate surface area is 126 Å². The number of pyridine rings is 1. The smallest absolute Gasteiger partial charge is 0.251 e. The molecule has 2 aromatic rings. The van der Waals surface area contributed by atoms with Crippen LogP contribution in [0.4, 0.5) is 0 Å². The zero-order valence-corrected chi connectivity index (χ0v) is 13.6. The Hall–Kier alpha value is -1.29. The minimum absolute atomic E-state index is 0.00398. The monoisotopic (exact) mass is 335 g/mol. The predicted molar refractivity (Wildman–Crippen MR) is 85.2 cm³/mol. The molecule has 0 saturated carbocycles. The van der Waals surface area contributed by atoms with E-state index in [2.05, 4.69) is 33.9 Å². The van der Waals surface area contributed by atoms with Gasteiger partial charge in [0.25, 0.3) is 5.56 Å². The molecule has 1 N–H and O–H groups in total. The second-order valence-corrected chi connectivity index (χ2v) is 6.37. The molecule has 1 aliphatic heterocycles. The van der Waals surface area contributed by atoms with E-state index in [0.717, 1.165) is 46.0 Å². The minimum atomic E-state index is -0.203. The summed E-state index contributed by atoms with van der Waals surface area (Å²) in [7, 11) is 0. The van der Waals surface area contributed by atoms with Crippen molar-refractivity contribution in [1.82, 2.24) is 4.98 Å². The van der Waals surface area contributed by atoms with Crippen LogP contribution in [-0.4, -0.2) is 15.9 Å². The number of nitrogens with one attached hydrogen (secondary N) is 1. The van der Waals surface area contributed by atoms with Crippen molar-refractivity contribution in [3.63, 3.8) is 0 Å². The number of alkyl halides is 1. The molecule has 0 amide bonds. The predicted octanol–water partition coefficient (Wildman–Crippen LogP) is 3.49. The molecule has 0 radical (unpaired) electrons. The molecule has 106 valence electrons. The van der Waals surface area contributed by atoms with Gasteiger partial charge in [0, 0.05) is 22.7 Å². The van der Waals surface area contributed by atoms with Crippen LogP contribution in [-0.2, 0) is 12.8 Å². The van der Waals surface area contributed by atoms with Crippen molar-refractivity contribution in [3.8, 4) is 5.75 Å².